The molecular weight excluding hydrogens is 286 g/mol. The molecule has 5 heteroatoms. The Morgan fingerprint density at radius 1 is 1.44 bits per heavy atom. The van der Waals surface area contributed by atoms with Crippen LogP contribution in [0.4, 0.5) is 0 Å². The molecule has 3 rings (SSSR count). The molecule has 0 N–H and O–H groups in total. The molecule has 0 aliphatic carbocycles. The van der Waals surface area contributed by atoms with Crippen molar-refractivity contribution in [1.29, 1.82) is 0 Å². The van der Waals surface area contributed by atoms with E-state index in [1.807, 2.05) is 36.7 Å². The first-order chi connectivity index (χ1) is 7.74. The standard InChI is InChI=1S/C11H8BrN3S/c1-7-5-10-13-11(9-3-2-4-16-9)14-15(10)6-8(7)12/h2-6H,1H3. The predicted octanol–water partition coefficient (Wildman–Crippen LogP) is 3.53. The van der Waals surface area contributed by atoms with Crippen LogP contribution in [0, 0.1) is 6.92 Å². The summed E-state index contributed by atoms with van der Waals surface area (Å²) < 4.78 is 2.84. The van der Waals surface area contributed by atoms with Crippen molar-refractivity contribution < 1.29 is 0 Å². The van der Waals surface area contributed by atoms with E-state index in [9.17, 15) is 0 Å². The maximum absolute atomic E-state index is 4.50. The van der Waals surface area contributed by atoms with E-state index in [1.165, 1.54) is 0 Å². The molecule has 0 atom stereocenters. The summed E-state index contributed by atoms with van der Waals surface area (Å²) in [4.78, 5) is 5.59. The van der Waals surface area contributed by atoms with Crippen molar-refractivity contribution in [2.24, 2.45) is 0 Å². The molecule has 0 spiro atoms. The van der Waals surface area contributed by atoms with E-state index in [2.05, 4.69) is 26.0 Å². The summed E-state index contributed by atoms with van der Waals surface area (Å²) in [6.45, 7) is 2.05. The highest BCUT2D eigenvalue weighted by Crippen LogP contribution is 2.23. The molecule has 0 radical (unpaired) electrons. The normalized spacial score (nSPS) is 11.1. The van der Waals surface area contributed by atoms with Crippen LogP contribution in [0.15, 0.2) is 34.2 Å². The van der Waals surface area contributed by atoms with Gasteiger partial charge in [0.25, 0.3) is 0 Å². The van der Waals surface area contributed by atoms with Gasteiger partial charge in [-0.15, -0.1) is 16.4 Å². The Kier molecular flexibility index (Phi) is 2.29. The van der Waals surface area contributed by atoms with E-state index in [1.54, 1.807) is 15.9 Å². The van der Waals surface area contributed by atoms with Crippen LogP contribution in [0.3, 0.4) is 0 Å². The molecule has 0 aromatic carbocycles. The minimum Gasteiger partial charge on any atom is -0.219 e. The maximum atomic E-state index is 4.50. The zero-order valence-corrected chi connectivity index (χ0v) is 10.9. The third-order valence-corrected chi connectivity index (χ3v) is 4.05. The first kappa shape index (κ1) is 9.99. The van der Waals surface area contributed by atoms with Crippen LogP contribution in [0.1, 0.15) is 5.56 Å². The van der Waals surface area contributed by atoms with Gasteiger partial charge in [-0.05, 0) is 45.9 Å². The molecule has 3 heterocycles. The number of nitrogens with zero attached hydrogens (tertiary/aromatic N) is 3. The molecule has 0 saturated heterocycles. The third-order valence-electron chi connectivity index (χ3n) is 2.36. The van der Waals surface area contributed by atoms with Gasteiger partial charge in [0.15, 0.2) is 11.5 Å². The van der Waals surface area contributed by atoms with Gasteiger partial charge in [-0.1, -0.05) is 6.07 Å². The van der Waals surface area contributed by atoms with E-state index in [-0.39, 0.29) is 0 Å². The SMILES string of the molecule is Cc1cc2nc(-c3cccs3)nn2cc1Br. The van der Waals surface area contributed by atoms with Crippen molar-refractivity contribution in [1.82, 2.24) is 14.6 Å². The molecule has 0 bridgehead atoms. The molecule has 0 aliphatic heterocycles. The lowest BCUT2D eigenvalue weighted by molar-refractivity contribution is 0.957. The van der Waals surface area contributed by atoms with Gasteiger partial charge in [0.1, 0.15) is 0 Å². The van der Waals surface area contributed by atoms with Crippen LogP contribution >= 0.6 is 27.3 Å². The Labute approximate surface area is 105 Å². The Balaban J connectivity index is 2.23. The quantitative estimate of drug-likeness (QED) is 0.687. The van der Waals surface area contributed by atoms with Gasteiger partial charge in [0.05, 0.1) is 4.88 Å². The van der Waals surface area contributed by atoms with Gasteiger partial charge in [0.2, 0.25) is 0 Å². The van der Waals surface area contributed by atoms with Gasteiger partial charge < -0.3 is 0 Å². The summed E-state index contributed by atoms with van der Waals surface area (Å²) in [6.07, 6.45) is 1.94. The van der Waals surface area contributed by atoms with Crippen molar-refractivity contribution in [3.63, 3.8) is 0 Å². The molecule has 3 aromatic rings. The van der Waals surface area contributed by atoms with Crippen LogP contribution in [0.5, 0.6) is 0 Å². The minimum atomic E-state index is 0.785. The van der Waals surface area contributed by atoms with Gasteiger partial charge in [-0.3, -0.25) is 0 Å². The van der Waals surface area contributed by atoms with Gasteiger partial charge in [-0.2, -0.15) is 0 Å². The highest BCUT2D eigenvalue weighted by Gasteiger charge is 2.08. The van der Waals surface area contributed by atoms with Gasteiger partial charge in [-0.25, -0.2) is 9.50 Å². The van der Waals surface area contributed by atoms with E-state index in [0.717, 1.165) is 26.4 Å². The zero-order valence-electron chi connectivity index (χ0n) is 8.51. The fourth-order valence-electron chi connectivity index (χ4n) is 1.51. The molecule has 3 nitrogen and oxygen atoms in total. The fourth-order valence-corrected chi connectivity index (χ4v) is 2.47. The largest absolute Gasteiger partial charge is 0.219 e. The lowest BCUT2D eigenvalue weighted by Gasteiger charge is -1.96. The Morgan fingerprint density at radius 3 is 3.06 bits per heavy atom. The number of rotatable bonds is 1. The molecule has 0 aliphatic rings. The highest BCUT2D eigenvalue weighted by atomic mass is 79.9. The third kappa shape index (κ3) is 1.56. The second kappa shape index (κ2) is 3.68. The summed E-state index contributed by atoms with van der Waals surface area (Å²) in [5.74, 6) is 0.785. The van der Waals surface area contributed by atoms with Crippen molar-refractivity contribution >= 4 is 32.9 Å². The van der Waals surface area contributed by atoms with Crippen molar-refractivity contribution in [2.75, 3.05) is 0 Å². The minimum absolute atomic E-state index is 0.785. The molecule has 3 aromatic heterocycles. The molecule has 0 unspecified atom stereocenters. The number of hydrogen-bond donors (Lipinski definition) is 0. The average Bonchev–Trinajstić information content (AvgIpc) is 2.86. The molecular formula is C11H8BrN3S. The van der Waals surface area contributed by atoms with Crippen molar-refractivity contribution in [3.05, 3.63) is 39.8 Å². The summed E-state index contributed by atoms with van der Waals surface area (Å²) in [7, 11) is 0. The number of aromatic nitrogens is 3. The van der Waals surface area contributed by atoms with Crippen LogP contribution in [0.2, 0.25) is 0 Å². The summed E-state index contributed by atoms with van der Waals surface area (Å²) in [5, 5.41) is 6.47. The van der Waals surface area contributed by atoms with E-state index < -0.39 is 0 Å². The molecule has 0 amide bonds. The second-order valence-electron chi connectivity index (χ2n) is 3.52. The van der Waals surface area contributed by atoms with Crippen molar-refractivity contribution in [3.8, 4) is 10.7 Å². The monoisotopic (exact) mass is 293 g/mol. The first-order valence-corrected chi connectivity index (χ1v) is 6.48. The average molecular weight is 294 g/mol. The number of fused-ring (bicyclic) bond motifs is 1. The van der Waals surface area contributed by atoms with Crippen LogP contribution < -0.4 is 0 Å². The van der Waals surface area contributed by atoms with E-state index in [4.69, 9.17) is 0 Å². The van der Waals surface area contributed by atoms with E-state index in [0.29, 0.717) is 0 Å². The number of hydrogen-bond acceptors (Lipinski definition) is 3. The fraction of sp³-hybridized carbons (Fsp3) is 0.0909. The maximum Gasteiger partial charge on any atom is 0.192 e. The summed E-state index contributed by atoms with van der Waals surface area (Å²) in [6, 6.07) is 6.06. The number of thiophene rings is 1. The van der Waals surface area contributed by atoms with Gasteiger partial charge in [0, 0.05) is 10.7 Å². The van der Waals surface area contributed by atoms with E-state index >= 15 is 0 Å². The Hall–Kier alpha value is -1.20. The second-order valence-corrected chi connectivity index (χ2v) is 5.32. The molecule has 0 fully saturated rings. The number of halogens is 1. The lowest BCUT2D eigenvalue weighted by atomic mass is 10.3. The smallest absolute Gasteiger partial charge is 0.192 e. The van der Waals surface area contributed by atoms with Crippen molar-refractivity contribution in [2.45, 2.75) is 6.92 Å². The van der Waals surface area contributed by atoms with Crippen LogP contribution in [-0.2, 0) is 0 Å². The summed E-state index contributed by atoms with van der Waals surface area (Å²) >= 11 is 5.14. The lowest BCUT2D eigenvalue weighted by Crippen LogP contribution is -1.88. The highest BCUT2D eigenvalue weighted by molar-refractivity contribution is 9.10. The topological polar surface area (TPSA) is 30.2 Å². The van der Waals surface area contributed by atoms with Crippen LogP contribution in [0.25, 0.3) is 16.3 Å². The Morgan fingerprint density at radius 2 is 2.31 bits per heavy atom. The molecule has 0 saturated carbocycles. The summed E-state index contributed by atoms with van der Waals surface area (Å²) in [5.41, 5.74) is 2.04. The number of pyridine rings is 1. The van der Waals surface area contributed by atoms with Crippen LogP contribution in [-0.4, -0.2) is 14.6 Å². The first-order valence-electron chi connectivity index (χ1n) is 4.80. The Bertz CT molecular complexity index is 604. The molecule has 16 heavy (non-hydrogen) atoms. The number of aryl methyl sites for hydroxylation is 1. The zero-order chi connectivity index (χ0) is 11.1. The molecule has 80 valence electrons. The predicted molar refractivity (Wildman–Crippen MR) is 68.7 cm³/mol. The van der Waals surface area contributed by atoms with Gasteiger partial charge >= 0.3 is 0 Å².